The Bertz CT molecular complexity index is 331. The Hall–Kier alpha value is -1.07. The van der Waals surface area contributed by atoms with Crippen LogP contribution in [0.5, 0.6) is 5.75 Å². The van der Waals surface area contributed by atoms with Gasteiger partial charge in [0.15, 0.2) is 11.6 Å². The maximum absolute atomic E-state index is 13.4. The molecule has 0 aliphatic rings. The second-order valence-electron chi connectivity index (χ2n) is 3.62. The van der Waals surface area contributed by atoms with Crippen molar-refractivity contribution >= 4 is 12.6 Å². The molecule has 16 heavy (non-hydrogen) atoms. The third-order valence-electron chi connectivity index (χ3n) is 2.26. The van der Waals surface area contributed by atoms with Crippen LogP contribution in [-0.4, -0.2) is 23.8 Å². The molecular formula is C11H16BFO3. The van der Waals surface area contributed by atoms with Gasteiger partial charge in [-0.3, -0.25) is 0 Å². The second kappa shape index (κ2) is 6.50. The van der Waals surface area contributed by atoms with Crippen molar-refractivity contribution in [2.24, 2.45) is 0 Å². The first-order valence-corrected chi connectivity index (χ1v) is 5.43. The number of benzene rings is 1. The minimum atomic E-state index is -1.65. The largest absolute Gasteiger partial charge is 0.491 e. The highest BCUT2D eigenvalue weighted by molar-refractivity contribution is 6.58. The number of hydrogen-bond acceptors (Lipinski definition) is 3. The molecule has 0 saturated heterocycles. The lowest BCUT2D eigenvalue weighted by Gasteiger charge is -2.08. The Balaban J connectivity index is 2.54. The molecule has 0 amide bonds. The molecule has 0 unspecified atom stereocenters. The van der Waals surface area contributed by atoms with Gasteiger partial charge in [0.2, 0.25) is 0 Å². The quantitative estimate of drug-likeness (QED) is 0.563. The summed E-state index contributed by atoms with van der Waals surface area (Å²) in [4.78, 5) is 0. The summed E-state index contributed by atoms with van der Waals surface area (Å²) in [6, 6.07) is 3.92. The minimum absolute atomic E-state index is 0.124. The second-order valence-corrected chi connectivity index (χ2v) is 3.62. The number of rotatable bonds is 6. The first-order chi connectivity index (χ1) is 7.65. The lowest BCUT2D eigenvalue weighted by molar-refractivity contribution is 0.291. The summed E-state index contributed by atoms with van der Waals surface area (Å²) in [6.07, 6.45) is 3.02. The van der Waals surface area contributed by atoms with Crippen LogP contribution in [0.1, 0.15) is 26.2 Å². The van der Waals surface area contributed by atoms with Crippen molar-refractivity contribution in [1.82, 2.24) is 0 Å². The summed E-state index contributed by atoms with van der Waals surface area (Å²) in [5.41, 5.74) is 0.124. The number of halogens is 1. The molecule has 0 radical (unpaired) electrons. The Morgan fingerprint density at radius 1 is 1.31 bits per heavy atom. The van der Waals surface area contributed by atoms with Crippen molar-refractivity contribution in [1.29, 1.82) is 0 Å². The normalized spacial score (nSPS) is 10.2. The molecule has 5 heteroatoms. The minimum Gasteiger partial charge on any atom is -0.491 e. The fraction of sp³-hybridized carbons (Fsp3) is 0.455. The molecule has 0 bridgehead atoms. The van der Waals surface area contributed by atoms with Crippen LogP contribution in [0.2, 0.25) is 0 Å². The van der Waals surface area contributed by atoms with Crippen LogP contribution in [0.4, 0.5) is 4.39 Å². The summed E-state index contributed by atoms with van der Waals surface area (Å²) in [7, 11) is -1.65. The molecule has 0 spiro atoms. The van der Waals surface area contributed by atoms with Crippen molar-refractivity contribution in [2.45, 2.75) is 26.2 Å². The van der Waals surface area contributed by atoms with E-state index < -0.39 is 12.9 Å². The van der Waals surface area contributed by atoms with Gasteiger partial charge in [0.25, 0.3) is 0 Å². The van der Waals surface area contributed by atoms with Crippen LogP contribution in [-0.2, 0) is 0 Å². The van der Waals surface area contributed by atoms with Gasteiger partial charge in [0.1, 0.15) is 0 Å². The molecule has 0 aromatic heterocycles. The summed E-state index contributed by atoms with van der Waals surface area (Å²) in [5, 5.41) is 17.7. The molecule has 0 fully saturated rings. The van der Waals surface area contributed by atoms with Gasteiger partial charge in [-0.1, -0.05) is 25.8 Å². The molecule has 0 aliphatic carbocycles. The Morgan fingerprint density at radius 3 is 2.62 bits per heavy atom. The van der Waals surface area contributed by atoms with Crippen molar-refractivity contribution in [3.8, 4) is 5.75 Å². The molecule has 1 aromatic rings. The maximum Gasteiger partial charge on any atom is 0.488 e. The Morgan fingerprint density at radius 2 is 2.06 bits per heavy atom. The topological polar surface area (TPSA) is 49.7 Å². The highest BCUT2D eigenvalue weighted by atomic mass is 19.1. The SMILES string of the molecule is CCCCCOc1ccc(B(O)O)cc1F. The van der Waals surface area contributed by atoms with E-state index in [4.69, 9.17) is 14.8 Å². The summed E-state index contributed by atoms with van der Waals surface area (Å²) < 4.78 is 18.6. The highest BCUT2D eigenvalue weighted by Crippen LogP contribution is 2.15. The molecule has 3 nitrogen and oxygen atoms in total. The zero-order chi connectivity index (χ0) is 12.0. The maximum atomic E-state index is 13.4. The van der Waals surface area contributed by atoms with Crippen molar-refractivity contribution < 1.29 is 19.2 Å². The van der Waals surface area contributed by atoms with Gasteiger partial charge in [0.05, 0.1) is 6.61 Å². The Kier molecular flexibility index (Phi) is 5.28. The zero-order valence-corrected chi connectivity index (χ0v) is 9.32. The average Bonchev–Trinajstić information content (AvgIpc) is 2.26. The molecule has 0 saturated carbocycles. The van der Waals surface area contributed by atoms with E-state index in [0.717, 1.165) is 25.3 Å². The van der Waals surface area contributed by atoms with Crippen LogP contribution >= 0.6 is 0 Å². The summed E-state index contributed by atoms with van der Waals surface area (Å²) in [5.74, 6) is -0.414. The van der Waals surface area contributed by atoms with Gasteiger partial charge < -0.3 is 14.8 Å². The molecular weight excluding hydrogens is 210 g/mol. The lowest BCUT2D eigenvalue weighted by Crippen LogP contribution is -2.30. The standard InChI is InChI=1S/C11H16BFO3/c1-2-3-4-7-16-11-6-5-9(12(14)15)8-10(11)13/h5-6,8,14-15H,2-4,7H2,1H3. The van der Waals surface area contributed by atoms with E-state index >= 15 is 0 Å². The lowest BCUT2D eigenvalue weighted by atomic mass is 9.80. The smallest absolute Gasteiger partial charge is 0.488 e. The van der Waals surface area contributed by atoms with Crippen LogP contribution in [0.15, 0.2) is 18.2 Å². The molecule has 0 atom stereocenters. The van der Waals surface area contributed by atoms with Crippen molar-refractivity contribution in [3.05, 3.63) is 24.0 Å². The zero-order valence-electron chi connectivity index (χ0n) is 9.32. The number of ether oxygens (including phenoxy) is 1. The predicted octanol–water partition coefficient (Wildman–Crippen LogP) is 1.07. The van der Waals surface area contributed by atoms with E-state index in [-0.39, 0.29) is 11.2 Å². The van der Waals surface area contributed by atoms with Gasteiger partial charge in [0, 0.05) is 0 Å². The molecule has 88 valence electrons. The molecule has 0 heterocycles. The monoisotopic (exact) mass is 226 g/mol. The highest BCUT2D eigenvalue weighted by Gasteiger charge is 2.13. The van der Waals surface area contributed by atoms with Crippen LogP contribution in [0.3, 0.4) is 0 Å². The van der Waals surface area contributed by atoms with Gasteiger partial charge in [-0.15, -0.1) is 0 Å². The first-order valence-electron chi connectivity index (χ1n) is 5.43. The summed E-state index contributed by atoms with van der Waals surface area (Å²) in [6.45, 7) is 2.56. The molecule has 0 aliphatic heterocycles. The van der Waals surface area contributed by atoms with Crippen molar-refractivity contribution in [3.63, 3.8) is 0 Å². The van der Waals surface area contributed by atoms with E-state index in [9.17, 15) is 4.39 Å². The van der Waals surface area contributed by atoms with Crippen molar-refractivity contribution in [2.75, 3.05) is 6.61 Å². The van der Waals surface area contributed by atoms with Gasteiger partial charge in [-0.25, -0.2) is 4.39 Å². The average molecular weight is 226 g/mol. The fourth-order valence-electron chi connectivity index (χ4n) is 1.33. The van der Waals surface area contributed by atoms with E-state index in [1.807, 2.05) is 0 Å². The first kappa shape index (κ1) is 13.0. The van der Waals surface area contributed by atoms with E-state index in [1.54, 1.807) is 0 Å². The van der Waals surface area contributed by atoms with E-state index in [1.165, 1.54) is 12.1 Å². The van der Waals surface area contributed by atoms with E-state index in [0.29, 0.717) is 6.61 Å². The van der Waals surface area contributed by atoms with E-state index in [2.05, 4.69) is 6.92 Å². The van der Waals surface area contributed by atoms with Crippen LogP contribution in [0, 0.1) is 5.82 Å². The number of hydrogen-bond donors (Lipinski definition) is 2. The van der Waals surface area contributed by atoms with Crippen LogP contribution in [0.25, 0.3) is 0 Å². The molecule has 1 aromatic carbocycles. The van der Waals surface area contributed by atoms with Gasteiger partial charge >= 0.3 is 7.12 Å². The number of unbranched alkanes of at least 4 members (excludes halogenated alkanes) is 2. The summed E-state index contributed by atoms with van der Waals surface area (Å²) >= 11 is 0. The third kappa shape index (κ3) is 3.83. The predicted molar refractivity (Wildman–Crippen MR) is 61.2 cm³/mol. The molecule has 1 rings (SSSR count). The Labute approximate surface area is 95.0 Å². The third-order valence-corrected chi connectivity index (χ3v) is 2.26. The van der Waals surface area contributed by atoms with Gasteiger partial charge in [-0.2, -0.15) is 0 Å². The molecule has 2 N–H and O–H groups in total. The van der Waals surface area contributed by atoms with Gasteiger partial charge in [-0.05, 0) is 24.0 Å². The van der Waals surface area contributed by atoms with Crippen LogP contribution < -0.4 is 10.2 Å². The fourth-order valence-corrected chi connectivity index (χ4v) is 1.33.